The molecule has 0 amide bonds. The van der Waals surface area contributed by atoms with Crippen molar-refractivity contribution < 1.29 is 0 Å². The molecule has 0 bridgehead atoms. The summed E-state index contributed by atoms with van der Waals surface area (Å²) >= 11 is 10.8. The van der Waals surface area contributed by atoms with Crippen LogP contribution >= 0.6 is 38.9 Å². The number of aromatic nitrogens is 1. The Morgan fingerprint density at radius 1 is 1.33 bits per heavy atom. The number of nitrogens with zero attached hydrogens (tertiary/aromatic N) is 1. The number of rotatable bonds is 2. The summed E-state index contributed by atoms with van der Waals surface area (Å²) in [4.78, 5) is 5.45. The molecule has 15 heavy (non-hydrogen) atoms. The fraction of sp³-hybridized carbons (Fsp3) is 0.100. The number of hydrogen-bond acceptors (Lipinski definition) is 3. The highest BCUT2D eigenvalue weighted by molar-refractivity contribution is 9.10. The maximum absolute atomic E-state index is 5.82. The van der Waals surface area contributed by atoms with Crippen molar-refractivity contribution in [1.82, 2.24) is 4.98 Å². The molecule has 0 aliphatic heterocycles. The van der Waals surface area contributed by atoms with E-state index in [1.807, 2.05) is 24.3 Å². The number of hydrogen-bond donors (Lipinski definition) is 1. The Hall–Kier alpha value is -0.420. The van der Waals surface area contributed by atoms with E-state index in [1.165, 1.54) is 0 Å². The number of nitrogens with two attached hydrogens (primary N) is 1. The molecule has 1 aromatic heterocycles. The van der Waals surface area contributed by atoms with Crippen LogP contribution in [0.15, 0.2) is 28.9 Å². The molecular weight excluding hydrogens is 296 g/mol. The van der Waals surface area contributed by atoms with E-state index >= 15 is 0 Å². The van der Waals surface area contributed by atoms with Gasteiger partial charge in [-0.3, -0.25) is 0 Å². The Kier molecular flexibility index (Phi) is 3.41. The minimum atomic E-state index is 0.506. The minimum Gasteiger partial charge on any atom is -0.326 e. The van der Waals surface area contributed by atoms with E-state index in [1.54, 1.807) is 11.3 Å². The Bertz CT molecular complexity index is 467. The van der Waals surface area contributed by atoms with Crippen LogP contribution in [0.4, 0.5) is 0 Å². The first-order valence-electron chi connectivity index (χ1n) is 4.32. The van der Waals surface area contributed by atoms with Crippen LogP contribution in [0.3, 0.4) is 0 Å². The second kappa shape index (κ2) is 4.61. The Balaban J connectivity index is 2.41. The van der Waals surface area contributed by atoms with E-state index < -0.39 is 0 Å². The zero-order chi connectivity index (χ0) is 10.8. The van der Waals surface area contributed by atoms with Gasteiger partial charge in [-0.1, -0.05) is 23.7 Å². The topological polar surface area (TPSA) is 38.9 Å². The van der Waals surface area contributed by atoms with Crippen LogP contribution in [-0.4, -0.2) is 4.98 Å². The average Bonchev–Trinajstić information content (AvgIpc) is 2.61. The first-order chi connectivity index (χ1) is 7.20. The second-order valence-electron chi connectivity index (χ2n) is 2.94. The van der Waals surface area contributed by atoms with Gasteiger partial charge in [0.1, 0.15) is 9.61 Å². The van der Waals surface area contributed by atoms with Crippen molar-refractivity contribution >= 4 is 38.9 Å². The summed E-state index contributed by atoms with van der Waals surface area (Å²) in [5.41, 5.74) is 6.65. The highest BCUT2D eigenvalue weighted by Crippen LogP contribution is 2.31. The lowest BCUT2D eigenvalue weighted by Crippen LogP contribution is -1.92. The quantitative estimate of drug-likeness (QED) is 0.919. The van der Waals surface area contributed by atoms with Crippen LogP contribution in [-0.2, 0) is 6.54 Å². The fourth-order valence-electron chi connectivity index (χ4n) is 1.17. The summed E-state index contributed by atoms with van der Waals surface area (Å²) in [6, 6.07) is 7.62. The van der Waals surface area contributed by atoms with Crippen molar-refractivity contribution in [3.8, 4) is 10.6 Å². The predicted octanol–water partition coefficient (Wildman–Crippen LogP) is 3.68. The van der Waals surface area contributed by atoms with Crippen molar-refractivity contribution in [1.29, 1.82) is 0 Å². The number of thiazole rings is 1. The van der Waals surface area contributed by atoms with Gasteiger partial charge in [0.25, 0.3) is 0 Å². The van der Waals surface area contributed by atoms with Gasteiger partial charge in [0.2, 0.25) is 0 Å². The lowest BCUT2D eigenvalue weighted by Gasteiger charge is -1.94. The van der Waals surface area contributed by atoms with Gasteiger partial charge in [-0.2, -0.15) is 0 Å². The van der Waals surface area contributed by atoms with Crippen molar-refractivity contribution in [2.45, 2.75) is 6.54 Å². The molecule has 1 heterocycles. The van der Waals surface area contributed by atoms with Gasteiger partial charge >= 0.3 is 0 Å². The van der Waals surface area contributed by atoms with Crippen LogP contribution in [0, 0.1) is 0 Å². The maximum Gasteiger partial charge on any atom is 0.124 e. The lowest BCUT2D eigenvalue weighted by atomic mass is 10.2. The van der Waals surface area contributed by atoms with E-state index in [2.05, 4.69) is 20.9 Å². The summed E-state index contributed by atoms with van der Waals surface area (Å²) < 4.78 is 0.833. The second-order valence-corrected chi connectivity index (χ2v) is 5.22. The lowest BCUT2D eigenvalue weighted by molar-refractivity contribution is 1.08. The molecule has 0 saturated carbocycles. The Morgan fingerprint density at radius 2 is 2.00 bits per heavy atom. The highest BCUT2D eigenvalue weighted by atomic mass is 79.9. The van der Waals surface area contributed by atoms with Gasteiger partial charge in [0.05, 0.1) is 4.88 Å². The van der Waals surface area contributed by atoms with E-state index in [0.717, 1.165) is 25.1 Å². The van der Waals surface area contributed by atoms with Crippen molar-refractivity contribution in [2.24, 2.45) is 5.73 Å². The third-order valence-corrected chi connectivity index (χ3v) is 4.22. The summed E-state index contributed by atoms with van der Waals surface area (Å²) in [6.45, 7) is 0.506. The van der Waals surface area contributed by atoms with Gasteiger partial charge in [-0.15, -0.1) is 11.3 Å². The molecule has 2 rings (SSSR count). The van der Waals surface area contributed by atoms with Crippen molar-refractivity contribution in [3.63, 3.8) is 0 Å². The molecular formula is C10H8BrClN2S. The molecule has 0 unspecified atom stereocenters. The first kappa shape index (κ1) is 11.1. The molecule has 2 aromatic rings. The average molecular weight is 304 g/mol. The number of benzene rings is 1. The Labute approximate surface area is 105 Å². The highest BCUT2D eigenvalue weighted by Gasteiger charge is 2.08. The van der Waals surface area contributed by atoms with E-state index in [0.29, 0.717) is 6.54 Å². The zero-order valence-corrected chi connectivity index (χ0v) is 10.9. The van der Waals surface area contributed by atoms with Gasteiger partial charge in [0, 0.05) is 17.1 Å². The molecule has 0 spiro atoms. The monoisotopic (exact) mass is 302 g/mol. The van der Waals surface area contributed by atoms with Crippen molar-refractivity contribution in [3.05, 3.63) is 38.8 Å². The molecule has 2 N–H and O–H groups in total. The standard InChI is InChI=1S/C10H8BrClN2S/c11-9-8(5-13)15-10(14-9)6-1-3-7(12)4-2-6/h1-4H,5,13H2. The minimum absolute atomic E-state index is 0.506. The fourth-order valence-corrected chi connectivity index (χ4v) is 2.84. The van der Waals surface area contributed by atoms with Gasteiger partial charge < -0.3 is 5.73 Å². The van der Waals surface area contributed by atoms with Crippen LogP contribution in [0.2, 0.25) is 5.02 Å². The summed E-state index contributed by atoms with van der Waals surface area (Å²) in [7, 11) is 0. The SMILES string of the molecule is NCc1sc(-c2ccc(Cl)cc2)nc1Br. The molecule has 5 heteroatoms. The van der Waals surface area contributed by atoms with Crippen LogP contribution in [0.1, 0.15) is 4.88 Å². The van der Waals surface area contributed by atoms with Gasteiger partial charge in [0.15, 0.2) is 0 Å². The summed E-state index contributed by atoms with van der Waals surface area (Å²) in [5, 5.41) is 1.69. The molecule has 0 radical (unpaired) electrons. The van der Waals surface area contributed by atoms with Crippen LogP contribution in [0.25, 0.3) is 10.6 Å². The molecule has 0 fully saturated rings. The third kappa shape index (κ3) is 2.39. The molecule has 0 aliphatic carbocycles. The maximum atomic E-state index is 5.82. The van der Waals surface area contributed by atoms with E-state index in [4.69, 9.17) is 17.3 Å². The summed E-state index contributed by atoms with van der Waals surface area (Å²) in [5.74, 6) is 0. The molecule has 1 aromatic carbocycles. The predicted molar refractivity (Wildman–Crippen MR) is 68.2 cm³/mol. The van der Waals surface area contributed by atoms with E-state index in [9.17, 15) is 0 Å². The molecule has 0 atom stereocenters. The third-order valence-electron chi connectivity index (χ3n) is 1.93. The molecule has 0 saturated heterocycles. The smallest absolute Gasteiger partial charge is 0.124 e. The Morgan fingerprint density at radius 3 is 2.53 bits per heavy atom. The molecule has 2 nitrogen and oxygen atoms in total. The zero-order valence-electron chi connectivity index (χ0n) is 7.71. The largest absolute Gasteiger partial charge is 0.326 e. The normalized spacial score (nSPS) is 10.6. The van der Waals surface area contributed by atoms with Crippen LogP contribution in [0.5, 0.6) is 0 Å². The van der Waals surface area contributed by atoms with Gasteiger partial charge in [-0.25, -0.2) is 4.98 Å². The van der Waals surface area contributed by atoms with Gasteiger partial charge in [-0.05, 0) is 28.1 Å². The number of halogens is 2. The van der Waals surface area contributed by atoms with Crippen molar-refractivity contribution in [2.75, 3.05) is 0 Å². The first-order valence-corrected chi connectivity index (χ1v) is 6.30. The molecule has 78 valence electrons. The molecule has 0 aliphatic rings. The van der Waals surface area contributed by atoms with Crippen LogP contribution < -0.4 is 5.73 Å². The van der Waals surface area contributed by atoms with E-state index in [-0.39, 0.29) is 0 Å². The summed E-state index contributed by atoms with van der Waals surface area (Å²) in [6.07, 6.45) is 0.